The van der Waals surface area contributed by atoms with Gasteiger partial charge in [-0.1, -0.05) is 0 Å². The molecule has 0 bridgehead atoms. The van der Waals surface area contributed by atoms with E-state index in [1.165, 1.54) is 13.2 Å². The quantitative estimate of drug-likeness (QED) is 0.323. The minimum absolute atomic E-state index is 0.0203. The van der Waals surface area contributed by atoms with E-state index in [9.17, 15) is 26.4 Å². The summed E-state index contributed by atoms with van der Waals surface area (Å²) in [4.78, 5) is 10.5. The maximum Gasteiger partial charge on any atom is 0.534 e. The summed E-state index contributed by atoms with van der Waals surface area (Å²) >= 11 is 0. The third-order valence-electron chi connectivity index (χ3n) is 2.43. The van der Waals surface area contributed by atoms with Gasteiger partial charge in [-0.05, 0) is 18.2 Å². The molecule has 0 aliphatic rings. The highest BCUT2D eigenvalue weighted by Gasteiger charge is 2.48. The summed E-state index contributed by atoms with van der Waals surface area (Å²) in [7, 11) is -4.51. The first-order valence-corrected chi connectivity index (χ1v) is 7.65. The molecule has 134 valence electrons. The van der Waals surface area contributed by atoms with Crippen molar-refractivity contribution >= 4 is 22.2 Å². The molecule has 0 amide bonds. The second kappa shape index (κ2) is 8.02. The average molecular weight is 370 g/mol. The topological polar surface area (TPSA) is 99.1 Å². The van der Waals surface area contributed by atoms with Crippen LogP contribution in [0.4, 0.5) is 13.2 Å². The highest BCUT2D eigenvalue weighted by molar-refractivity contribution is 7.88. The molecular weight excluding hydrogens is 357 g/mol. The Labute approximate surface area is 135 Å². The highest BCUT2D eigenvalue weighted by atomic mass is 32.2. The normalized spacial score (nSPS) is 12.3. The van der Waals surface area contributed by atoms with Gasteiger partial charge in [-0.3, -0.25) is 0 Å². The number of benzene rings is 1. The number of hydrogen-bond acceptors (Lipinski definition) is 6. The number of aliphatic carboxylic acids is 1. The molecule has 0 spiro atoms. The first-order chi connectivity index (χ1) is 11.1. The van der Waals surface area contributed by atoms with Crippen LogP contribution in [0.25, 0.3) is 6.08 Å². The van der Waals surface area contributed by atoms with Gasteiger partial charge in [-0.25, -0.2) is 4.79 Å². The number of rotatable bonds is 8. The van der Waals surface area contributed by atoms with Gasteiger partial charge in [0.05, 0.1) is 6.61 Å². The van der Waals surface area contributed by atoms with Crippen molar-refractivity contribution in [2.45, 2.75) is 5.51 Å². The largest absolute Gasteiger partial charge is 0.534 e. The van der Waals surface area contributed by atoms with Crippen LogP contribution in [-0.2, 0) is 19.6 Å². The van der Waals surface area contributed by atoms with Gasteiger partial charge in [0, 0.05) is 24.8 Å². The minimum Gasteiger partial charge on any atom is -0.491 e. The molecule has 0 radical (unpaired) electrons. The van der Waals surface area contributed by atoms with E-state index < -0.39 is 27.3 Å². The Morgan fingerprint density at radius 3 is 2.50 bits per heavy atom. The molecule has 0 heterocycles. The molecule has 1 N–H and O–H groups in total. The molecule has 11 heteroatoms. The summed E-state index contributed by atoms with van der Waals surface area (Å²) in [5, 5.41) is 8.56. The second-order valence-electron chi connectivity index (χ2n) is 4.20. The van der Waals surface area contributed by atoms with Crippen molar-refractivity contribution < 1.29 is 45.1 Å². The summed E-state index contributed by atoms with van der Waals surface area (Å²) in [6.07, 6.45) is 1.51. The van der Waals surface area contributed by atoms with Crippen LogP contribution >= 0.6 is 0 Å². The summed E-state index contributed by atoms with van der Waals surface area (Å²) in [5.41, 5.74) is -5.82. The van der Waals surface area contributed by atoms with Gasteiger partial charge in [-0.15, -0.1) is 0 Å². The van der Waals surface area contributed by atoms with Crippen LogP contribution in [-0.4, -0.2) is 45.3 Å². The van der Waals surface area contributed by atoms with Crippen molar-refractivity contribution in [3.63, 3.8) is 0 Å². The molecule has 0 atom stereocenters. The lowest BCUT2D eigenvalue weighted by Crippen LogP contribution is -2.28. The number of ether oxygens (including phenoxy) is 2. The smallest absolute Gasteiger partial charge is 0.491 e. The van der Waals surface area contributed by atoms with Crippen molar-refractivity contribution in [1.82, 2.24) is 0 Å². The van der Waals surface area contributed by atoms with Gasteiger partial charge in [0.15, 0.2) is 5.75 Å². The van der Waals surface area contributed by atoms with Crippen molar-refractivity contribution in [2.24, 2.45) is 0 Å². The predicted octanol–water partition coefficient (Wildman–Crippen LogP) is 2.04. The van der Waals surface area contributed by atoms with E-state index in [-0.39, 0.29) is 24.5 Å². The molecular formula is C13H13F3O7S. The summed E-state index contributed by atoms with van der Waals surface area (Å²) < 4.78 is 73.5. The maximum absolute atomic E-state index is 12.4. The van der Waals surface area contributed by atoms with Crippen LogP contribution in [0.15, 0.2) is 24.3 Å². The second-order valence-corrected chi connectivity index (χ2v) is 5.73. The fourth-order valence-electron chi connectivity index (χ4n) is 1.38. The third kappa shape index (κ3) is 5.74. The summed E-state index contributed by atoms with van der Waals surface area (Å²) in [6, 6.07) is 3.37. The fraction of sp³-hybridized carbons (Fsp3) is 0.308. The SMILES string of the molecule is COCCOc1ccc(C=CC(=O)O)c(OS(=O)(=O)C(F)(F)F)c1. The molecule has 0 saturated carbocycles. The Kier molecular flexibility index (Phi) is 6.60. The van der Waals surface area contributed by atoms with Gasteiger partial charge in [0.2, 0.25) is 0 Å². The highest BCUT2D eigenvalue weighted by Crippen LogP contribution is 2.32. The summed E-state index contributed by atoms with van der Waals surface area (Å²) in [6.45, 7) is 0.254. The number of carbonyl (C=O) groups is 1. The predicted molar refractivity (Wildman–Crippen MR) is 76.1 cm³/mol. The molecule has 1 rings (SSSR count). The number of hydrogen-bond donors (Lipinski definition) is 1. The number of alkyl halides is 3. The van der Waals surface area contributed by atoms with Crippen LogP contribution in [0, 0.1) is 0 Å². The van der Waals surface area contributed by atoms with E-state index in [0.717, 1.165) is 18.2 Å². The first-order valence-electron chi connectivity index (χ1n) is 6.24. The zero-order chi connectivity index (χ0) is 18.4. The molecule has 0 aliphatic carbocycles. The van der Waals surface area contributed by atoms with Crippen LogP contribution < -0.4 is 8.92 Å². The van der Waals surface area contributed by atoms with Crippen LogP contribution in [0.1, 0.15) is 5.56 Å². The molecule has 0 aliphatic heterocycles. The lowest BCUT2D eigenvalue weighted by atomic mass is 10.2. The van der Waals surface area contributed by atoms with Crippen molar-refractivity contribution in [1.29, 1.82) is 0 Å². The zero-order valence-corrected chi connectivity index (χ0v) is 13.1. The Morgan fingerprint density at radius 1 is 1.29 bits per heavy atom. The Hall–Kier alpha value is -2.27. The zero-order valence-electron chi connectivity index (χ0n) is 12.2. The van der Waals surface area contributed by atoms with Crippen LogP contribution in [0.5, 0.6) is 11.5 Å². The van der Waals surface area contributed by atoms with Crippen LogP contribution in [0.2, 0.25) is 0 Å². The van der Waals surface area contributed by atoms with Gasteiger partial charge < -0.3 is 18.8 Å². The van der Waals surface area contributed by atoms with E-state index in [4.69, 9.17) is 14.6 Å². The Balaban J connectivity index is 3.19. The monoisotopic (exact) mass is 370 g/mol. The average Bonchev–Trinajstić information content (AvgIpc) is 2.45. The molecule has 1 aromatic rings. The van der Waals surface area contributed by atoms with E-state index in [0.29, 0.717) is 6.08 Å². The maximum atomic E-state index is 12.4. The van der Waals surface area contributed by atoms with E-state index in [2.05, 4.69) is 4.18 Å². The van der Waals surface area contributed by atoms with Crippen molar-refractivity contribution in [2.75, 3.05) is 20.3 Å². The third-order valence-corrected chi connectivity index (χ3v) is 3.40. The van der Waals surface area contributed by atoms with Crippen molar-refractivity contribution in [3.8, 4) is 11.5 Å². The lowest BCUT2D eigenvalue weighted by Gasteiger charge is -2.13. The number of carboxylic acids is 1. The Morgan fingerprint density at radius 2 is 1.96 bits per heavy atom. The van der Waals surface area contributed by atoms with E-state index >= 15 is 0 Å². The summed E-state index contributed by atoms with van der Waals surface area (Å²) in [5.74, 6) is -2.08. The van der Waals surface area contributed by atoms with Crippen LogP contribution in [0.3, 0.4) is 0 Å². The van der Waals surface area contributed by atoms with Gasteiger partial charge in [0.1, 0.15) is 12.4 Å². The molecule has 0 unspecified atom stereocenters. The first kappa shape index (κ1) is 19.8. The fourth-order valence-corrected chi connectivity index (χ4v) is 1.86. The standard InChI is InChI=1S/C13H13F3O7S/c1-21-6-7-22-10-4-2-9(3-5-12(17)18)11(8-10)23-24(19,20)13(14,15)16/h2-5,8H,6-7H2,1H3,(H,17,18). The molecule has 1 aromatic carbocycles. The molecule has 0 saturated heterocycles. The van der Waals surface area contributed by atoms with Crippen molar-refractivity contribution in [3.05, 3.63) is 29.8 Å². The number of carboxylic acid groups (broad SMARTS) is 1. The molecule has 0 fully saturated rings. The van der Waals surface area contributed by atoms with E-state index in [1.807, 2.05) is 0 Å². The minimum atomic E-state index is -5.92. The van der Waals surface area contributed by atoms with Gasteiger partial charge in [0.25, 0.3) is 0 Å². The number of methoxy groups -OCH3 is 1. The van der Waals surface area contributed by atoms with Gasteiger partial charge >= 0.3 is 21.6 Å². The molecule has 7 nitrogen and oxygen atoms in total. The lowest BCUT2D eigenvalue weighted by molar-refractivity contribution is -0.131. The molecule has 0 aromatic heterocycles. The van der Waals surface area contributed by atoms with Gasteiger partial charge in [-0.2, -0.15) is 21.6 Å². The van der Waals surface area contributed by atoms with E-state index in [1.54, 1.807) is 0 Å². The number of halogens is 3. The molecule has 24 heavy (non-hydrogen) atoms. The Bertz CT molecular complexity index is 711.